The molecule has 2 aromatic carbocycles. The van der Waals surface area contributed by atoms with Crippen molar-refractivity contribution in [3.63, 3.8) is 0 Å². The van der Waals surface area contributed by atoms with Crippen molar-refractivity contribution in [2.75, 3.05) is 67.5 Å². The number of nitrogens with one attached hydrogen (secondary N) is 2. The first-order chi connectivity index (χ1) is 30.9. The maximum Gasteiger partial charge on any atom is 0.280 e. The Balaban J connectivity index is 0.787. The number of piperazine rings is 1. The van der Waals surface area contributed by atoms with Crippen molar-refractivity contribution < 1.29 is 32.7 Å². The zero-order valence-corrected chi connectivity index (χ0v) is 36.1. The topological polar surface area (TPSA) is 158 Å². The molecule has 3 atom stereocenters. The van der Waals surface area contributed by atoms with Crippen LogP contribution in [0.3, 0.4) is 0 Å². The van der Waals surface area contributed by atoms with Crippen LogP contribution in [0, 0.1) is 30.4 Å². The van der Waals surface area contributed by atoms with E-state index >= 15 is 8.78 Å². The van der Waals surface area contributed by atoms with Gasteiger partial charge in [-0.1, -0.05) is 13.0 Å². The first-order valence-corrected chi connectivity index (χ1v) is 22.5. The third kappa shape index (κ3) is 8.32. The number of fused-ring (bicyclic) bond motifs is 7. The van der Waals surface area contributed by atoms with E-state index in [0.29, 0.717) is 106 Å². The molecule has 5 aliphatic heterocycles. The van der Waals surface area contributed by atoms with Crippen LogP contribution < -0.4 is 25.2 Å². The molecule has 1 saturated carbocycles. The Morgan fingerprint density at radius 1 is 0.906 bits per heavy atom. The van der Waals surface area contributed by atoms with Gasteiger partial charge in [0.1, 0.15) is 11.6 Å². The van der Waals surface area contributed by atoms with Crippen LogP contribution in [-0.2, 0) is 20.9 Å². The molecule has 0 unspecified atom stereocenters. The fraction of sp³-hybridized carbons (Fsp3) is 0.468. The molecule has 7 heterocycles. The van der Waals surface area contributed by atoms with Gasteiger partial charge in [0, 0.05) is 81.3 Å². The molecule has 17 heteroatoms. The number of carbonyl (C=O) groups excluding carboxylic acids is 4. The predicted octanol–water partition coefficient (Wildman–Crippen LogP) is 5.79. The monoisotopic (exact) mass is 874 g/mol. The summed E-state index contributed by atoms with van der Waals surface area (Å²) in [4.78, 5) is 69.2. The Morgan fingerprint density at radius 3 is 2.47 bits per heavy atom. The minimum Gasteiger partial charge on any atom is -0.477 e. The number of aryl methyl sites for hydroxylation is 1. The molecule has 4 amide bonds. The highest BCUT2D eigenvalue weighted by Gasteiger charge is 2.37. The Labute approximate surface area is 369 Å². The third-order valence-electron chi connectivity index (χ3n) is 13.4. The average Bonchev–Trinajstić information content (AvgIpc) is 3.67. The molecule has 3 saturated heterocycles. The molecular formula is C47H52F2N10O5. The number of hydrogen-bond acceptors (Lipinski definition) is 11. The van der Waals surface area contributed by atoms with Crippen LogP contribution in [0.4, 0.5) is 25.8 Å². The zero-order chi connectivity index (χ0) is 44.2. The Kier molecular flexibility index (Phi) is 11.1. The summed E-state index contributed by atoms with van der Waals surface area (Å²) >= 11 is 0. The van der Waals surface area contributed by atoms with Gasteiger partial charge in [-0.2, -0.15) is 10.1 Å². The number of ether oxygens (including phenoxy) is 1. The first-order valence-electron chi connectivity index (χ1n) is 22.5. The van der Waals surface area contributed by atoms with E-state index in [2.05, 4.69) is 49.6 Å². The maximum atomic E-state index is 15.3. The molecule has 6 aliphatic rings. The molecule has 0 spiro atoms. The van der Waals surface area contributed by atoms with E-state index in [-0.39, 0.29) is 42.1 Å². The number of carbonyl (C=O) groups is 4. The van der Waals surface area contributed by atoms with Gasteiger partial charge in [0.2, 0.25) is 29.6 Å². The van der Waals surface area contributed by atoms with Crippen molar-refractivity contribution in [3.8, 4) is 17.1 Å². The molecule has 334 valence electrons. The van der Waals surface area contributed by atoms with Crippen LogP contribution in [0.15, 0.2) is 53.7 Å². The fourth-order valence-electron chi connectivity index (χ4n) is 9.82. The molecule has 10 rings (SSSR count). The van der Waals surface area contributed by atoms with Crippen molar-refractivity contribution >= 4 is 46.7 Å². The van der Waals surface area contributed by atoms with Crippen molar-refractivity contribution in [3.05, 3.63) is 82.7 Å². The van der Waals surface area contributed by atoms with E-state index in [0.717, 1.165) is 48.2 Å². The van der Waals surface area contributed by atoms with Crippen LogP contribution in [0.1, 0.15) is 91.0 Å². The lowest BCUT2D eigenvalue weighted by Crippen LogP contribution is -2.50. The minimum absolute atomic E-state index is 0.0220. The van der Waals surface area contributed by atoms with Gasteiger partial charge >= 0.3 is 0 Å². The van der Waals surface area contributed by atoms with Crippen molar-refractivity contribution in [1.82, 2.24) is 29.9 Å². The van der Waals surface area contributed by atoms with E-state index in [9.17, 15) is 19.2 Å². The number of rotatable bonds is 6. The summed E-state index contributed by atoms with van der Waals surface area (Å²) in [5, 5.41) is 10.3. The standard InChI is InChI=1S/C47H52F2N10O5/c1-27-4-3-17-64-46-35(23-50-59(46)32-6-7-32)39-20-31(18-28(2)51-39)43(61)54-47-52-38-9-5-29(19-40(38)58(47)24-27)25-55-13-15-56(16-14-55)45(63)30-11-12-57(26-30)33-21-36(48)42(37(49)22-33)34-8-10-41(60)53-44(34)62/h5,9,18-23,27,30,32,34H,3-4,6-8,10-17,24-26H2,1-2H3,(H,52,54,61)(H,53,60,62)/t27-,30-,34-/m1/s1. The average molecular weight is 875 g/mol. The van der Waals surface area contributed by atoms with Crippen LogP contribution >= 0.6 is 0 Å². The molecule has 64 heavy (non-hydrogen) atoms. The number of anilines is 3. The number of hydrogen-bond donors (Lipinski definition) is 2. The minimum atomic E-state index is -1.06. The quantitative estimate of drug-likeness (QED) is 0.226. The molecule has 2 aromatic heterocycles. The van der Waals surface area contributed by atoms with Crippen LogP contribution in [0.25, 0.3) is 11.3 Å². The summed E-state index contributed by atoms with van der Waals surface area (Å²) in [6, 6.07) is 12.6. The van der Waals surface area contributed by atoms with E-state index in [1.165, 1.54) is 12.1 Å². The van der Waals surface area contributed by atoms with Crippen LogP contribution in [0.5, 0.6) is 5.88 Å². The number of amides is 4. The fourth-order valence-corrected chi connectivity index (χ4v) is 9.82. The molecule has 2 N–H and O–H groups in total. The summed E-state index contributed by atoms with van der Waals surface area (Å²) in [6.45, 7) is 9.29. The number of benzene rings is 2. The van der Waals surface area contributed by atoms with Gasteiger partial charge < -0.3 is 24.8 Å². The Hall–Kier alpha value is -6.23. The SMILES string of the molecule is Cc1cc2cc(n1)-c1cnn(C3CC3)c1OCCC[C@@H](C)CN1/C(=N/C2=O)Nc2ccc(CN3CCN(C(=O)[C@@H]4CCN(c5cc(F)c([C@H]6CCC(=O)NC6=O)c(F)c5)C4)CC3)cc21. The molecule has 4 fully saturated rings. The second kappa shape index (κ2) is 17.0. The molecule has 15 nitrogen and oxygen atoms in total. The van der Waals surface area contributed by atoms with E-state index in [1.807, 2.05) is 27.5 Å². The number of piperidine rings is 1. The second-order valence-corrected chi connectivity index (χ2v) is 18.2. The summed E-state index contributed by atoms with van der Waals surface area (Å²) in [5.41, 5.74) is 5.51. The molecule has 2 bridgehead atoms. The van der Waals surface area contributed by atoms with Gasteiger partial charge in [-0.3, -0.25) is 34.4 Å². The lowest BCUT2D eigenvalue weighted by atomic mass is 9.89. The maximum absolute atomic E-state index is 15.3. The zero-order valence-electron chi connectivity index (χ0n) is 36.1. The lowest BCUT2D eigenvalue weighted by molar-refractivity contribution is -0.137. The van der Waals surface area contributed by atoms with Crippen LogP contribution in [-0.4, -0.2) is 107 Å². The molecule has 1 aliphatic carbocycles. The van der Waals surface area contributed by atoms with Crippen molar-refractivity contribution in [1.29, 1.82) is 0 Å². The van der Waals surface area contributed by atoms with Gasteiger partial charge in [0.05, 0.1) is 53.3 Å². The summed E-state index contributed by atoms with van der Waals surface area (Å²) in [7, 11) is 0. The number of pyridine rings is 1. The lowest BCUT2D eigenvalue weighted by Gasteiger charge is -2.36. The predicted molar refractivity (Wildman–Crippen MR) is 235 cm³/mol. The first kappa shape index (κ1) is 41.8. The largest absolute Gasteiger partial charge is 0.477 e. The second-order valence-electron chi connectivity index (χ2n) is 18.2. The summed E-state index contributed by atoms with van der Waals surface area (Å²) in [5.74, 6) is -3.04. The van der Waals surface area contributed by atoms with Crippen molar-refractivity contribution in [2.24, 2.45) is 16.8 Å². The number of nitrogens with zero attached hydrogens (tertiary/aromatic N) is 8. The van der Waals surface area contributed by atoms with E-state index in [4.69, 9.17) is 9.72 Å². The molecular weight excluding hydrogens is 823 g/mol. The van der Waals surface area contributed by atoms with E-state index in [1.54, 1.807) is 18.3 Å². The van der Waals surface area contributed by atoms with Gasteiger partial charge in [0.25, 0.3) is 5.91 Å². The number of aromatic nitrogens is 3. The number of guanidine groups is 1. The van der Waals surface area contributed by atoms with Gasteiger partial charge in [-0.15, -0.1) is 0 Å². The Morgan fingerprint density at radius 2 is 1.70 bits per heavy atom. The molecule has 0 radical (unpaired) electrons. The number of imide groups is 1. The van der Waals surface area contributed by atoms with Gasteiger partial charge in [0.15, 0.2) is 0 Å². The number of aliphatic imine (C=N–C) groups is 1. The van der Waals surface area contributed by atoms with Gasteiger partial charge in [-0.25, -0.2) is 13.5 Å². The van der Waals surface area contributed by atoms with Crippen LogP contribution in [0.2, 0.25) is 0 Å². The van der Waals surface area contributed by atoms with Gasteiger partial charge in [-0.05, 0) is 93.3 Å². The van der Waals surface area contributed by atoms with E-state index < -0.39 is 29.4 Å². The highest BCUT2D eigenvalue weighted by molar-refractivity contribution is 6.19. The third-order valence-corrected chi connectivity index (χ3v) is 13.4. The highest BCUT2D eigenvalue weighted by atomic mass is 19.1. The summed E-state index contributed by atoms with van der Waals surface area (Å²) < 4.78 is 39.0. The number of halogens is 2. The normalized spacial score (nSPS) is 23.8. The highest BCUT2D eigenvalue weighted by Crippen LogP contribution is 2.42. The Bertz CT molecular complexity index is 2540. The summed E-state index contributed by atoms with van der Waals surface area (Å²) in [6.07, 6.45) is 6.31. The smallest absolute Gasteiger partial charge is 0.280 e. The van der Waals surface area contributed by atoms with Crippen molar-refractivity contribution in [2.45, 2.75) is 77.3 Å². The molecule has 4 aromatic rings.